The first-order chi connectivity index (χ1) is 9.06. The van der Waals surface area contributed by atoms with Crippen LogP contribution in [0.15, 0.2) is 27.4 Å². The molecule has 3 N–H and O–H groups in total. The zero-order chi connectivity index (χ0) is 14.0. The van der Waals surface area contributed by atoms with Crippen molar-refractivity contribution in [3.8, 4) is 0 Å². The molecular formula is C14H21N3O2. The van der Waals surface area contributed by atoms with E-state index in [0.717, 1.165) is 17.5 Å². The van der Waals surface area contributed by atoms with Crippen molar-refractivity contribution in [1.82, 2.24) is 9.88 Å². The molecule has 5 heteroatoms. The predicted molar refractivity (Wildman–Crippen MR) is 76.1 cm³/mol. The Labute approximate surface area is 112 Å². The van der Waals surface area contributed by atoms with Gasteiger partial charge in [-0.15, -0.1) is 0 Å². The lowest BCUT2D eigenvalue weighted by Crippen LogP contribution is -2.31. The molecule has 0 aliphatic rings. The lowest BCUT2D eigenvalue weighted by Gasteiger charge is -2.31. The van der Waals surface area contributed by atoms with Crippen LogP contribution in [0.2, 0.25) is 0 Å². The van der Waals surface area contributed by atoms with Crippen LogP contribution in [0.5, 0.6) is 0 Å². The fraction of sp³-hybridized carbons (Fsp3) is 0.500. The van der Waals surface area contributed by atoms with E-state index in [1.54, 1.807) is 0 Å². The van der Waals surface area contributed by atoms with Crippen molar-refractivity contribution in [3.05, 3.63) is 34.3 Å². The number of H-pyrrole nitrogens is 1. The van der Waals surface area contributed by atoms with E-state index >= 15 is 0 Å². The minimum absolute atomic E-state index is 0.222. The maximum atomic E-state index is 11.2. The van der Waals surface area contributed by atoms with Crippen LogP contribution in [0.1, 0.15) is 24.9 Å². The number of aromatic amines is 1. The maximum Gasteiger partial charge on any atom is 0.417 e. The molecule has 2 rings (SSSR count). The predicted octanol–water partition coefficient (Wildman–Crippen LogP) is 1.71. The quantitative estimate of drug-likeness (QED) is 0.861. The van der Waals surface area contributed by atoms with Gasteiger partial charge in [0.15, 0.2) is 5.58 Å². The molecule has 0 amide bonds. The molecule has 5 nitrogen and oxygen atoms in total. The second kappa shape index (κ2) is 5.59. The third-order valence-corrected chi connectivity index (χ3v) is 3.62. The Morgan fingerprint density at radius 2 is 2.16 bits per heavy atom. The molecule has 1 heterocycles. The molecule has 0 fully saturated rings. The SMILES string of the molecule is CCC(CN)C(c1ccc2[nH]c(=O)oc2c1)N(C)C. The molecule has 0 saturated heterocycles. The van der Waals surface area contributed by atoms with E-state index in [1.807, 2.05) is 32.3 Å². The van der Waals surface area contributed by atoms with Gasteiger partial charge in [-0.2, -0.15) is 0 Å². The summed E-state index contributed by atoms with van der Waals surface area (Å²) in [5.41, 5.74) is 8.32. The number of nitrogens with zero attached hydrogens (tertiary/aromatic N) is 1. The first kappa shape index (κ1) is 13.8. The van der Waals surface area contributed by atoms with E-state index in [-0.39, 0.29) is 6.04 Å². The van der Waals surface area contributed by atoms with Gasteiger partial charge in [-0.05, 0) is 44.3 Å². The van der Waals surface area contributed by atoms with Gasteiger partial charge in [-0.25, -0.2) is 4.79 Å². The highest BCUT2D eigenvalue weighted by atomic mass is 16.4. The van der Waals surface area contributed by atoms with Gasteiger partial charge in [-0.3, -0.25) is 4.98 Å². The van der Waals surface area contributed by atoms with E-state index in [9.17, 15) is 4.79 Å². The average molecular weight is 263 g/mol. The summed E-state index contributed by atoms with van der Waals surface area (Å²) in [6.45, 7) is 2.78. The maximum absolute atomic E-state index is 11.2. The van der Waals surface area contributed by atoms with Crippen LogP contribution in [0.3, 0.4) is 0 Å². The van der Waals surface area contributed by atoms with E-state index in [0.29, 0.717) is 18.0 Å². The van der Waals surface area contributed by atoms with Gasteiger partial charge in [0.25, 0.3) is 0 Å². The first-order valence-corrected chi connectivity index (χ1v) is 6.56. The van der Waals surface area contributed by atoms with Crippen LogP contribution in [-0.4, -0.2) is 30.5 Å². The molecule has 2 aromatic rings. The lowest BCUT2D eigenvalue weighted by molar-refractivity contribution is 0.211. The van der Waals surface area contributed by atoms with Crippen molar-refractivity contribution in [3.63, 3.8) is 0 Å². The molecule has 19 heavy (non-hydrogen) atoms. The fourth-order valence-corrected chi connectivity index (χ4v) is 2.66. The number of benzene rings is 1. The number of nitrogens with two attached hydrogens (primary N) is 1. The summed E-state index contributed by atoms with van der Waals surface area (Å²) in [4.78, 5) is 16.0. The van der Waals surface area contributed by atoms with Gasteiger partial charge in [-0.1, -0.05) is 19.4 Å². The number of hydrogen-bond acceptors (Lipinski definition) is 4. The number of rotatable bonds is 5. The Balaban J connectivity index is 2.46. The monoisotopic (exact) mass is 263 g/mol. The fourth-order valence-electron chi connectivity index (χ4n) is 2.66. The van der Waals surface area contributed by atoms with Crippen molar-refractivity contribution in [2.24, 2.45) is 11.7 Å². The van der Waals surface area contributed by atoms with Gasteiger partial charge in [0.1, 0.15) is 0 Å². The molecule has 0 radical (unpaired) electrons. The molecule has 2 unspecified atom stereocenters. The zero-order valence-corrected chi connectivity index (χ0v) is 11.6. The third-order valence-electron chi connectivity index (χ3n) is 3.62. The molecule has 1 aromatic heterocycles. The Bertz CT molecular complexity index is 596. The number of oxazole rings is 1. The number of nitrogens with one attached hydrogen (secondary N) is 1. The largest absolute Gasteiger partial charge is 0.417 e. The highest BCUT2D eigenvalue weighted by Gasteiger charge is 2.23. The van der Waals surface area contributed by atoms with E-state index in [2.05, 4.69) is 16.8 Å². The van der Waals surface area contributed by atoms with Gasteiger partial charge in [0, 0.05) is 6.04 Å². The highest BCUT2D eigenvalue weighted by Crippen LogP contribution is 2.30. The van der Waals surface area contributed by atoms with Crippen LogP contribution in [-0.2, 0) is 0 Å². The van der Waals surface area contributed by atoms with Gasteiger partial charge >= 0.3 is 5.76 Å². The number of fused-ring (bicyclic) bond motifs is 1. The van der Waals surface area contributed by atoms with Crippen LogP contribution >= 0.6 is 0 Å². The van der Waals surface area contributed by atoms with Crippen LogP contribution < -0.4 is 11.5 Å². The topological polar surface area (TPSA) is 75.3 Å². The summed E-state index contributed by atoms with van der Waals surface area (Å²) in [6, 6.07) is 6.06. The minimum atomic E-state index is -0.417. The van der Waals surface area contributed by atoms with E-state index < -0.39 is 5.76 Å². The van der Waals surface area contributed by atoms with E-state index in [1.165, 1.54) is 0 Å². The smallest absolute Gasteiger partial charge is 0.408 e. The first-order valence-electron chi connectivity index (χ1n) is 6.56. The third kappa shape index (κ3) is 2.72. The van der Waals surface area contributed by atoms with Crippen LogP contribution in [0.4, 0.5) is 0 Å². The second-order valence-electron chi connectivity index (χ2n) is 5.08. The molecule has 0 saturated carbocycles. The Hall–Kier alpha value is -1.59. The van der Waals surface area contributed by atoms with Crippen molar-refractivity contribution in [2.45, 2.75) is 19.4 Å². The highest BCUT2D eigenvalue weighted by molar-refractivity contribution is 5.72. The number of hydrogen-bond donors (Lipinski definition) is 2. The van der Waals surface area contributed by atoms with Crippen LogP contribution in [0, 0.1) is 5.92 Å². The van der Waals surface area contributed by atoms with Gasteiger partial charge in [0.2, 0.25) is 0 Å². The van der Waals surface area contributed by atoms with Crippen LogP contribution in [0.25, 0.3) is 11.1 Å². The Kier molecular flexibility index (Phi) is 4.07. The Morgan fingerprint density at radius 3 is 2.74 bits per heavy atom. The Morgan fingerprint density at radius 1 is 1.42 bits per heavy atom. The van der Waals surface area contributed by atoms with Crippen molar-refractivity contribution < 1.29 is 4.42 Å². The zero-order valence-electron chi connectivity index (χ0n) is 11.6. The number of aromatic nitrogens is 1. The molecular weight excluding hydrogens is 242 g/mol. The summed E-state index contributed by atoms with van der Waals surface area (Å²) in [6.07, 6.45) is 1.01. The summed E-state index contributed by atoms with van der Waals surface area (Å²) < 4.78 is 5.12. The van der Waals surface area contributed by atoms with Crippen molar-refractivity contribution in [2.75, 3.05) is 20.6 Å². The van der Waals surface area contributed by atoms with Crippen molar-refractivity contribution in [1.29, 1.82) is 0 Å². The molecule has 0 spiro atoms. The van der Waals surface area contributed by atoms with Crippen molar-refractivity contribution >= 4 is 11.1 Å². The molecule has 0 aliphatic heterocycles. The average Bonchev–Trinajstić information content (AvgIpc) is 2.74. The molecule has 0 bridgehead atoms. The van der Waals surface area contributed by atoms with Gasteiger partial charge in [0.05, 0.1) is 5.52 Å². The van der Waals surface area contributed by atoms with Gasteiger partial charge < -0.3 is 15.1 Å². The summed E-state index contributed by atoms with van der Waals surface area (Å²) in [7, 11) is 4.08. The molecule has 0 aliphatic carbocycles. The normalized spacial score (nSPS) is 15.0. The summed E-state index contributed by atoms with van der Waals surface area (Å²) in [5.74, 6) is -0.0440. The summed E-state index contributed by atoms with van der Waals surface area (Å²) >= 11 is 0. The second-order valence-corrected chi connectivity index (χ2v) is 5.08. The molecule has 2 atom stereocenters. The standard InChI is InChI=1S/C14H21N3O2/c1-4-9(8-15)13(17(2)3)10-5-6-11-12(7-10)19-14(18)16-11/h5-7,9,13H,4,8,15H2,1-3H3,(H,16,18). The summed E-state index contributed by atoms with van der Waals surface area (Å²) in [5, 5.41) is 0. The van der Waals surface area contributed by atoms with E-state index in [4.69, 9.17) is 10.2 Å². The molecule has 1 aromatic carbocycles. The minimum Gasteiger partial charge on any atom is -0.408 e. The lowest BCUT2D eigenvalue weighted by atomic mass is 9.90. The molecule has 104 valence electrons.